The van der Waals surface area contributed by atoms with E-state index in [4.69, 9.17) is 4.74 Å². The van der Waals surface area contributed by atoms with Crippen molar-refractivity contribution in [1.29, 1.82) is 0 Å². The number of hydrogen-bond acceptors (Lipinski definition) is 3. The van der Waals surface area contributed by atoms with Crippen molar-refractivity contribution < 1.29 is 4.74 Å². The number of nitrogens with one attached hydrogen (secondary N) is 2. The number of H-pyrrole nitrogens is 1. The van der Waals surface area contributed by atoms with Crippen LogP contribution in [0.1, 0.15) is 30.5 Å². The van der Waals surface area contributed by atoms with Gasteiger partial charge in [-0.3, -0.25) is 5.10 Å². The smallest absolute Gasteiger partial charge is 0.0535 e. The molecule has 1 saturated carbocycles. The molecule has 16 heavy (non-hydrogen) atoms. The Labute approximate surface area is 96.8 Å². The molecule has 4 nitrogen and oxygen atoms in total. The molecular weight excluding hydrogens is 202 g/mol. The van der Waals surface area contributed by atoms with Gasteiger partial charge in [0.1, 0.15) is 0 Å². The van der Waals surface area contributed by atoms with E-state index in [1.165, 1.54) is 18.4 Å². The summed E-state index contributed by atoms with van der Waals surface area (Å²) < 4.78 is 5.56. The van der Waals surface area contributed by atoms with Gasteiger partial charge in [-0.2, -0.15) is 5.10 Å². The number of nitrogens with zero attached hydrogens (tertiary/aromatic N) is 1. The number of aryl methyl sites for hydroxylation is 1. The summed E-state index contributed by atoms with van der Waals surface area (Å²) in [5.41, 5.74) is 2.40. The quantitative estimate of drug-likeness (QED) is 0.658. The van der Waals surface area contributed by atoms with Gasteiger partial charge in [0.25, 0.3) is 0 Å². The average molecular weight is 223 g/mol. The van der Waals surface area contributed by atoms with Gasteiger partial charge in [0, 0.05) is 31.0 Å². The third-order valence-corrected chi connectivity index (χ3v) is 2.94. The molecule has 90 valence electrons. The molecule has 0 aliphatic heterocycles. The SMILES string of the molecule is Cc1[nH]ncc1CNCCCOCC1CC1. The highest BCUT2D eigenvalue weighted by atomic mass is 16.5. The zero-order valence-corrected chi connectivity index (χ0v) is 9.96. The van der Waals surface area contributed by atoms with Gasteiger partial charge >= 0.3 is 0 Å². The average Bonchev–Trinajstić information content (AvgIpc) is 3.01. The molecule has 0 radical (unpaired) electrons. The zero-order valence-electron chi connectivity index (χ0n) is 9.96. The number of hydrogen-bond donors (Lipinski definition) is 2. The minimum Gasteiger partial charge on any atom is -0.381 e. The van der Waals surface area contributed by atoms with E-state index < -0.39 is 0 Å². The van der Waals surface area contributed by atoms with Gasteiger partial charge < -0.3 is 10.1 Å². The van der Waals surface area contributed by atoms with Crippen LogP contribution >= 0.6 is 0 Å². The van der Waals surface area contributed by atoms with Gasteiger partial charge in [-0.05, 0) is 38.6 Å². The van der Waals surface area contributed by atoms with Crippen LogP contribution in [-0.4, -0.2) is 30.0 Å². The molecule has 1 aliphatic rings. The second-order valence-corrected chi connectivity index (χ2v) is 4.57. The Hall–Kier alpha value is -0.870. The van der Waals surface area contributed by atoms with E-state index >= 15 is 0 Å². The number of aromatic nitrogens is 2. The van der Waals surface area contributed by atoms with Gasteiger partial charge in [0.05, 0.1) is 6.20 Å². The van der Waals surface area contributed by atoms with E-state index in [1.54, 1.807) is 0 Å². The molecule has 0 amide bonds. The third kappa shape index (κ3) is 3.94. The highest BCUT2D eigenvalue weighted by Crippen LogP contribution is 2.28. The minimum absolute atomic E-state index is 0.876. The third-order valence-electron chi connectivity index (χ3n) is 2.94. The van der Waals surface area contributed by atoms with Crippen LogP contribution in [0, 0.1) is 12.8 Å². The van der Waals surface area contributed by atoms with Gasteiger partial charge in [0.15, 0.2) is 0 Å². The topological polar surface area (TPSA) is 49.9 Å². The van der Waals surface area contributed by atoms with Crippen LogP contribution in [-0.2, 0) is 11.3 Å². The maximum absolute atomic E-state index is 5.56. The van der Waals surface area contributed by atoms with Crippen molar-refractivity contribution in [3.8, 4) is 0 Å². The van der Waals surface area contributed by atoms with Gasteiger partial charge in [-0.15, -0.1) is 0 Å². The van der Waals surface area contributed by atoms with Crippen LogP contribution in [0.3, 0.4) is 0 Å². The summed E-state index contributed by atoms with van der Waals surface area (Å²) in [7, 11) is 0. The first kappa shape index (κ1) is 11.6. The number of ether oxygens (including phenoxy) is 1. The van der Waals surface area contributed by atoms with Gasteiger partial charge in [-0.1, -0.05) is 0 Å². The Morgan fingerprint density at radius 2 is 2.44 bits per heavy atom. The summed E-state index contributed by atoms with van der Waals surface area (Å²) in [6, 6.07) is 0. The highest BCUT2D eigenvalue weighted by molar-refractivity contribution is 5.13. The van der Waals surface area contributed by atoms with Crippen LogP contribution in [0.4, 0.5) is 0 Å². The van der Waals surface area contributed by atoms with Crippen LogP contribution < -0.4 is 5.32 Å². The standard InChI is InChI=1S/C12H21N3O/c1-10-12(8-14-15-10)7-13-5-2-6-16-9-11-3-4-11/h8,11,13H,2-7,9H2,1H3,(H,14,15). The first-order chi connectivity index (χ1) is 7.86. The summed E-state index contributed by atoms with van der Waals surface area (Å²) in [5.74, 6) is 0.876. The van der Waals surface area contributed by atoms with Crippen molar-refractivity contribution in [2.45, 2.75) is 32.7 Å². The first-order valence-electron chi connectivity index (χ1n) is 6.13. The maximum atomic E-state index is 5.56. The second kappa shape index (κ2) is 6.01. The van der Waals surface area contributed by atoms with Crippen molar-refractivity contribution in [1.82, 2.24) is 15.5 Å². The first-order valence-corrected chi connectivity index (χ1v) is 6.13. The van der Waals surface area contributed by atoms with E-state index in [0.717, 1.165) is 44.3 Å². The van der Waals surface area contributed by atoms with Gasteiger partial charge in [0.2, 0.25) is 0 Å². The second-order valence-electron chi connectivity index (χ2n) is 4.57. The fourth-order valence-corrected chi connectivity index (χ4v) is 1.61. The van der Waals surface area contributed by atoms with E-state index in [1.807, 2.05) is 13.1 Å². The lowest BCUT2D eigenvalue weighted by atomic mass is 10.2. The summed E-state index contributed by atoms with van der Waals surface area (Å²) >= 11 is 0. The lowest BCUT2D eigenvalue weighted by Crippen LogP contribution is -2.16. The van der Waals surface area contributed by atoms with Crippen LogP contribution in [0.25, 0.3) is 0 Å². The van der Waals surface area contributed by atoms with Crippen molar-refractivity contribution in [3.05, 3.63) is 17.5 Å². The molecule has 2 rings (SSSR count). The highest BCUT2D eigenvalue weighted by Gasteiger charge is 2.20. The summed E-state index contributed by atoms with van der Waals surface area (Å²) in [4.78, 5) is 0. The Balaban J connectivity index is 1.44. The Kier molecular flexibility index (Phi) is 4.36. The molecule has 0 atom stereocenters. The van der Waals surface area contributed by atoms with Gasteiger partial charge in [-0.25, -0.2) is 0 Å². The molecule has 2 N–H and O–H groups in total. The predicted molar refractivity (Wildman–Crippen MR) is 63.2 cm³/mol. The monoisotopic (exact) mass is 223 g/mol. The van der Waals surface area contributed by atoms with Crippen LogP contribution in [0.15, 0.2) is 6.20 Å². The summed E-state index contributed by atoms with van der Waals surface area (Å²) in [6.45, 7) is 5.80. The lowest BCUT2D eigenvalue weighted by molar-refractivity contribution is 0.122. The fourth-order valence-electron chi connectivity index (χ4n) is 1.61. The molecule has 0 bridgehead atoms. The van der Waals surface area contributed by atoms with E-state index in [9.17, 15) is 0 Å². The minimum atomic E-state index is 0.876. The normalized spacial score (nSPS) is 15.6. The fraction of sp³-hybridized carbons (Fsp3) is 0.750. The largest absolute Gasteiger partial charge is 0.381 e. The predicted octanol–water partition coefficient (Wildman–Crippen LogP) is 1.62. The molecule has 0 aromatic carbocycles. The van der Waals surface area contributed by atoms with E-state index in [0.29, 0.717) is 0 Å². The molecule has 0 spiro atoms. The molecule has 1 fully saturated rings. The van der Waals surface area contributed by atoms with E-state index in [2.05, 4.69) is 15.5 Å². The van der Waals surface area contributed by atoms with Crippen molar-refractivity contribution in [2.75, 3.05) is 19.8 Å². The maximum Gasteiger partial charge on any atom is 0.0535 e. The Bertz CT molecular complexity index is 307. The molecule has 1 aromatic heterocycles. The van der Waals surface area contributed by atoms with Crippen LogP contribution in [0.5, 0.6) is 0 Å². The summed E-state index contributed by atoms with van der Waals surface area (Å²) in [6.07, 6.45) is 5.71. The lowest BCUT2D eigenvalue weighted by Gasteiger charge is -2.05. The van der Waals surface area contributed by atoms with Crippen molar-refractivity contribution >= 4 is 0 Å². The number of aromatic amines is 1. The molecular formula is C12H21N3O. The van der Waals surface area contributed by atoms with E-state index in [-0.39, 0.29) is 0 Å². The molecule has 1 aliphatic carbocycles. The summed E-state index contributed by atoms with van der Waals surface area (Å²) in [5, 5.41) is 10.3. The Morgan fingerprint density at radius 1 is 1.56 bits per heavy atom. The zero-order chi connectivity index (χ0) is 11.2. The Morgan fingerprint density at radius 3 is 3.12 bits per heavy atom. The van der Waals surface area contributed by atoms with Crippen LogP contribution in [0.2, 0.25) is 0 Å². The molecule has 1 heterocycles. The molecule has 1 aromatic rings. The molecule has 0 saturated heterocycles. The van der Waals surface area contributed by atoms with Crippen molar-refractivity contribution in [2.24, 2.45) is 5.92 Å². The van der Waals surface area contributed by atoms with Crippen molar-refractivity contribution in [3.63, 3.8) is 0 Å². The molecule has 0 unspecified atom stereocenters. The number of rotatable bonds is 8. The molecule has 4 heteroatoms.